The number of fused-ring (bicyclic) bond motifs is 1. The van der Waals surface area contributed by atoms with Gasteiger partial charge in [-0.25, -0.2) is 13.2 Å². The number of nitrogens with two attached hydrogens (primary N) is 1. The molecule has 1 aromatic heterocycles. The molecule has 5 rings (SSSR count). The molecule has 2 fully saturated rings. The zero-order chi connectivity index (χ0) is 22.1. The van der Waals surface area contributed by atoms with E-state index in [1.165, 1.54) is 18.2 Å². The molecule has 0 radical (unpaired) electrons. The van der Waals surface area contributed by atoms with Crippen molar-refractivity contribution in [3.05, 3.63) is 59.4 Å². The third-order valence-corrected chi connectivity index (χ3v) is 5.89. The van der Waals surface area contributed by atoms with E-state index in [0.29, 0.717) is 23.4 Å². The molecular formula is C23H22F3N3O2. The number of halogens is 3. The number of amides is 2. The van der Waals surface area contributed by atoms with Gasteiger partial charge in [0.2, 0.25) is 11.8 Å². The lowest BCUT2D eigenvalue weighted by atomic mass is 9.78. The SMILES string of the molecule is Fc1ccc(-c2[nH]c3c(F)cc(F)cc3c2C2CCC2)cc1.NC(=O)C1CNC(=O)C1. The third-order valence-electron chi connectivity index (χ3n) is 5.89. The Morgan fingerprint density at radius 1 is 1.03 bits per heavy atom. The van der Waals surface area contributed by atoms with E-state index in [4.69, 9.17) is 5.73 Å². The van der Waals surface area contributed by atoms with E-state index in [9.17, 15) is 22.8 Å². The monoisotopic (exact) mass is 429 g/mol. The van der Waals surface area contributed by atoms with Crippen molar-refractivity contribution in [1.82, 2.24) is 10.3 Å². The van der Waals surface area contributed by atoms with Gasteiger partial charge in [-0.3, -0.25) is 9.59 Å². The minimum atomic E-state index is -0.594. The number of aromatic amines is 1. The molecule has 0 bridgehead atoms. The van der Waals surface area contributed by atoms with Gasteiger partial charge in [-0.05, 0) is 60.2 Å². The molecule has 1 atom stereocenters. The Kier molecular flexibility index (Phi) is 5.71. The smallest absolute Gasteiger partial charge is 0.222 e. The number of hydrogen-bond acceptors (Lipinski definition) is 2. The zero-order valence-corrected chi connectivity index (χ0v) is 16.7. The molecule has 2 amide bonds. The highest BCUT2D eigenvalue weighted by atomic mass is 19.1. The molecule has 8 heteroatoms. The lowest BCUT2D eigenvalue weighted by Gasteiger charge is -2.26. The summed E-state index contributed by atoms with van der Waals surface area (Å²) >= 11 is 0. The van der Waals surface area contributed by atoms with Crippen molar-refractivity contribution >= 4 is 22.7 Å². The molecule has 1 unspecified atom stereocenters. The van der Waals surface area contributed by atoms with Crippen LogP contribution in [0.5, 0.6) is 0 Å². The Morgan fingerprint density at radius 2 is 1.74 bits per heavy atom. The molecule has 2 aliphatic rings. The van der Waals surface area contributed by atoms with Crippen LogP contribution in [0, 0.1) is 23.4 Å². The largest absolute Gasteiger partial charge is 0.369 e. The minimum absolute atomic E-state index is 0.0844. The quantitative estimate of drug-likeness (QED) is 0.585. The van der Waals surface area contributed by atoms with Crippen LogP contribution in [0.15, 0.2) is 36.4 Å². The molecule has 5 nitrogen and oxygen atoms in total. The van der Waals surface area contributed by atoms with Crippen LogP contribution in [0.2, 0.25) is 0 Å². The Labute approximate surface area is 176 Å². The van der Waals surface area contributed by atoms with E-state index in [0.717, 1.165) is 42.1 Å². The molecule has 1 aliphatic heterocycles. The van der Waals surface area contributed by atoms with Crippen molar-refractivity contribution in [2.75, 3.05) is 6.54 Å². The maximum Gasteiger partial charge on any atom is 0.222 e. The molecule has 31 heavy (non-hydrogen) atoms. The highest BCUT2D eigenvalue weighted by Gasteiger charge is 2.28. The van der Waals surface area contributed by atoms with Crippen LogP contribution in [0.25, 0.3) is 22.2 Å². The van der Waals surface area contributed by atoms with Crippen molar-refractivity contribution in [3.63, 3.8) is 0 Å². The Bertz CT molecular complexity index is 1140. The van der Waals surface area contributed by atoms with Crippen LogP contribution in [0.4, 0.5) is 13.2 Å². The Hall–Kier alpha value is -3.29. The van der Waals surface area contributed by atoms with E-state index in [1.807, 2.05) is 0 Å². The first kappa shape index (κ1) is 21.0. The molecule has 4 N–H and O–H groups in total. The highest BCUT2D eigenvalue weighted by molar-refractivity contribution is 5.92. The lowest BCUT2D eigenvalue weighted by molar-refractivity contribution is -0.124. The topological polar surface area (TPSA) is 88.0 Å². The molecule has 0 spiro atoms. The summed E-state index contributed by atoms with van der Waals surface area (Å²) in [7, 11) is 0. The predicted octanol–water partition coefficient (Wildman–Crippen LogP) is 4.13. The van der Waals surface area contributed by atoms with Gasteiger partial charge >= 0.3 is 0 Å². The highest BCUT2D eigenvalue weighted by Crippen LogP contribution is 2.45. The van der Waals surface area contributed by atoms with E-state index in [1.54, 1.807) is 12.1 Å². The minimum Gasteiger partial charge on any atom is -0.369 e. The fourth-order valence-electron chi connectivity index (χ4n) is 4.01. The molecule has 162 valence electrons. The average molecular weight is 429 g/mol. The number of rotatable bonds is 3. The predicted molar refractivity (Wildman–Crippen MR) is 111 cm³/mol. The molecule has 3 aromatic rings. The van der Waals surface area contributed by atoms with Gasteiger partial charge in [-0.1, -0.05) is 6.42 Å². The third kappa shape index (κ3) is 4.28. The van der Waals surface area contributed by atoms with Crippen LogP contribution in [-0.4, -0.2) is 23.3 Å². The van der Waals surface area contributed by atoms with Crippen LogP contribution >= 0.6 is 0 Å². The standard InChI is InChI=1S/C18H14F3N.C5H8N2O2/c19-12-6-4-11(5-7-12)17-16(10-2-1-3-10)14-8-13(20)9-15(21)18(14)22-17;6-5(9)3-1-4(8)7-2-3/h4-10,22H,1-3H2;3H,1-2H2,(H2,6,9)(H,7,8). The number of H-pyrrole nitrogens is 1. The Balaban J connectivity index is 0.000000217. The number of primary amides is 1. The van der Waals surface area contributed by atoms with Gasteiger partial charge in [-0.2, -0.15) is 0 Å². The fraction of sp³-hybridized carbons (Fsp3) is 0.304. The molecule has 2 heterocycles. The second-order valence-electron chi connectivity index (χ2n) is 7.97. The van der Waals surface area contributed by atoms with Crippen molar-refractivity contribution in [3.8, 4) is 11.3 Å². The molecular weight excluding hydrogens is 407 g/mol. The number of benzene rings is 2. The number of aromatic nitrogens is 1. The van der Waals surface area contributed by atoms with Crippen molar-refractivity contribution < 1.29 is 22.8 Å². The molecule has 1 aliphatic carbocycles. The van der Waals surface area contributed by atoms with Gasteiger partial charge in [0.1, 0.15) is 17.5 Å². The maximum atomic E-state index is 14.1. The second kappa shape index (κ2) is 8.45. The summed E-state index contributed by atoms with van der Waals surface area (Å²) in [5.74, 6) is -1.94. The number of nitrogens with one attached hydrogen (secondary N) is 2. The van der Waals surface area contributed by atoms with E-state index in [2.05, 4.69) is 10.3 Å². The molecule has 1 saturated carbocycles. The first-order chi connectivity index (χ1) is 14.8. The summed E-state index contributed by atoms with van der Waals surface area (Å²) in [5.41, 5.74) is 7.76. The van der Waals surface area contributed by atoms with Crippen LogP contribution in [-0.2, 0) is 9.59 Å². The second-order valence-corrected chi connectivity index (χ2v) is 7.97. The summed E-state index contributed by atoms with van der Waals surface area (Å²) in [6.07, 6.45) is 3.41. The normalized spacial score (nSPS) is 18.3. The van der Waals surface area contributed by atoms with Crippen LogP contribution in [0.1, 0.15) is 37.2 Å². The lowest BCUT2D eigenvalue weighted by Crippen LogP contribution is -2.24. The van der Waals surface area contributed by atoms with Gasteiger partial charge in [-0.15, -0.1) is 0 Å². The molecule has 2 aromatic carbocycles. The first-order valence-corrected chi connectivity index (χ1v) is 10.2. The average Bonchev–Trinajstić information content (AvgIpc) is 3.27. The Morgan fingerprint density at radius 3 is 2.26 bits per heavy atom. The van der Waals surface area contributed by atoms with E-state index >= 15 is 0 Å². The molecule has 1 saturated heterocycles. The summed E-state index contributed by atoms with van der Waals surface area (Å²) < 4.78 is 40.8. The van der Waals surface area contributed by atoms with E-state index < -0.39 is 17.5 Å². The summed E-state index contributed by atoms with van der Waals surface area (Å²) in [5, 5.41) is 3.11. The van der Waals surface area contributed by atoms with Crippen LogP contribution in [0.3, 0.4) is 0 Å². The summed E-state index contributed by atoms with van der Waals surface area (Å²) in [4.78, 5) is 23.9. The zero-order valence-electron chi connectivity index (χ0n) is 16.7. The number of carbonyl (C=O) groups excluding carboxylic acids is 2. The van der Waals surface area contributed by atoms with Gasteiger partial charge in [0.15, 0.2) is 0 Å². The van der Waals surface area contributed by atoms with E-state index in [-0.39, 0.29) is 24.1 Å². The maximum absolute atomic E-state index is 14.1. The van der Waals surface area contributed by atoms with Crippen LogP contribution < -0.4 is 11.1 Å². The summed E-state index contributed by atoms with van der Waals surface area (Å²) in [6, 6.07) is 8.35. The van der Waals surface area contributed by atoms with Crippen molar-refractivity contribution in [1.29, 1.82) is 0 Å². The van der Waals surface area contributed by atoms with Gasteiger partial charge < -0.3 is 16.0 Å². The van der Waals surface area contributed by atoms with Gasteiger partial charge in [0, 0.05) is 24.4 Å². The fourth-order valence-corrected chi connectivity index (χ4v) is 4.01. The number of hydrogen-bond donors (Lipinski definition) is 3. The summed E-state index contributed by atoms with van der Waals surface area (Å²) in [6.45, 7) is 0.411. The number of carbonyl (C=O) groups is 2. The van der Waals surface area contributed by atoms with Crippen molar-refractivity contribution in [2.24, 2.45) is 11.7 Å². The first-order valence-electron chi connectivity index (χ1n) is 10.2. The van der Waals surface area contributed by atoms with Gasteiger partial charge in [0.05, 0.1) is 17.1 Å². The van der Waals surface area contributed by atoms with Gasteiger partial charge in [0.25, 0.3) is 0 Å². The van der Waals surface area contributed by atoms with Crippen molar-refractivity contribution in [2.45, 2.75) is 31.6 Å².